The topological polar surface area (TPSA) is 77.3 Å². The zero-order valence-electron chi connectivity index (χ0n) is 14.8. The summed E-state index contributed by atoms with van der Waals surface area (Å²) in [6, 6.07) is 10.7. The molecule has 0 spiro atoms. The first-order valence-corrected chi connectivity index (χ1v) is 8.39. The Morgan fingerprint density at radius 1 is 1.19 bits per heavy atom. The number of hydrogen-bond acceptors (Lipinski definition) is 5. The number of aryl methyl sites for hydroxylation is 1. The van der Waals surface area contributed by atoms with Gasteiger partial charge in [-0.15, -0.1) is 0 Å². The predicted molar refractivity (Wildman–Crippen MR) is 97.9 cm³/mol. The Kier molecular flexibility index (Phi) is 5.26. The average molecular weight is 352 g/mol. The molecule has 0 aliphatic heterocycles. The van der Waals surface area contributed by atoms with Crippen LogP contribution in [0, 0.1) is 0 Å². The summed E-state index contributed by atoms with van der Waals surface area (Å²) >= 11 is 0. The molecular formula is C19H20N4O3. The van der Waals surface area contributed by atoms with E-state index in [4.69, 9.17) is 4.74 Å². The number of nitrogens with zero attached hydrogens (tertiary/aromatic N) is 4. The molecule has 0 saturated carbocycles. The molecule has 0 unspecified atom stereocenters. The van der Waals surface area contributed by atoms with Crippen molar-refractivity contribution in [2.24, 2.45) is 7.05 Å². The molecule has 0 aliphatic rings. The summed E-state index contributed by atoms with van der Waals surface area (Å²) < 4.78 is 6.85. The first-order valence-electron chi connectivity index (χ1n) is 8.39. The Labute approximate surface area is 151 Å². The quantitative estimate of drug-likeness (QED) is 0.637. The van der Waals surface area contributed by atoms with Crippen molar-refractivity contribution >= 4 is 28.7 Å². The number of aromatic nitrogens is 3. The molecule has 3 rings (SSSR count). The Bertz CT molecular complexity index is 921. The fraction of sp³-hybridized carbons (Fsp3) is 0.263. The van der Waals surface area contributed by atoms with Gasteiger partial charge in [-0.3, -0.25) is 14.5 Å². The average Bonchev–Trinajstić information content (AvgIpc) is 3.03. The molecule has 1 amide bonds. The molecule has 2 aromatic heterocycles. The van der Waals surface area contributed by atoms with Gasteiger partial charge in [-0.1, -0.05) is 6.07 Å². The van der Waals surface area contributed by atoms with E-state index < -0.39 is 0 Å². The van der Waals surface area contributed by atoms with Crippen LogP contribution in [0.1, 0.15) is 23.7 Å². The van der Waals surface area contributed by atoms with Gasteiger partial charge in [-0.2, -0.15) is 0 Å². The molecule has 0 N–H and O–H groups in total. The smallest absolute Gasteiger partial charge is 0.307 e. The highest BCUT2D eigenvalue weighted by molar-refractivity contribution is 6.07. The number of pyridine rings is 1. The number of benzene rings is 1. The molecular weight excluding hydrogens is 332 g/mol. The third-order valence-corrected chi connectivity index (χ3v) is 3.99. The summed E-state index contributed by atoms with van der Waals surface area (Å²) in [5, 5.41) is 0. The number of anilines is 1. The van der Waals surface area contributed by atoms with E-state index in [9.17, 15) is 9.59 Å². The molecule has 7 nitrogen and oxygen atoms in total. The van der Waals surface area contributed by atoms with Crippen LogP contribution < -0.4 is 4.90 Å². The van der Waals surface area contributed by atoms with Crippen LogP contribution in [0.3, 0.4) is 0 Å². The lowest BCUT2D eigenvalue weighted by atomic mass is 10.1. The van der Waals surface area contributed by atoms with Gasteiger partial charge in [0.05, 0.1) is 30.4 Å². The van der Waals surface area contributed by atoms with Crippen molar-refractivity contribution in [3.05, 3.63) is 54.5 Å². The molecule has 0 aliphatic carbocycles. The van der Waals surface area contributed by atoms with Crippen molar-refractivity contribution in [3.8, 4) is 0 Å². The minimum atomic E-state index is -0.346. The number of imidazole rings is 1. The number of hydrogen-bond donors (Lipinski definition) is 0. The van der Waals surface area contributed by atoms with E-state index in [2.05, 4.69) is 9.97 Å². The van der Waals surface area contributed by atoms with Gasteiger partial charge in [0.15, 0.2) is 0 Å². The van der Waals surface area contributed by atoms with Gasteiger partial charge < -0.3 is 9.30 Å². The highest BCUT2D eigenvalue weighted by Gasteiger charge is 2.20. The lowest BCUT2D eigenvalue weighted by Crippen LogP contribution is -2.34. The van der Waals surface area contributed by atoms with Crippen LogP contribution in [-0.2, 0) is 16.6 Å². The lowest BCUT2D eigenvalue weighted by molar-refractivity contribution is -0.142. The van der Waals surface area contributed by atoms with Crippen LogP contribution in [-0.4, -0.2) is 39.6 Å². The zero-order valence-corrected chi connectivity index (χ0v) is 14.8. The fourth-order valence-corrected chi connectivity index (χ4v) is 2.69. The SMILES string of the molecule is CCOC(=O)CCN(C(=O)c1ccc2c(c1)ncn2C)c1ccccn1. The molecule has 3 aromatic rings. The lowest BCUT2D eigenvalue weighted by Gasteiger charge is -2.21. The number of rotatable bonds is 6. The van der Waals surface area contributed by atoms with Crippen LogP contribution in [0.5, 0.6) is 0 Å². The Morgan fingerprint density at radius 2 is 2.04 bits per heavy atom. The van der Waals surface area contributed by atoms with Crippen LogP contribution in [0.15, 0.2) is 48.9 Å². The van der Waals surface area contributed by atoms with Gasteiger partial charge in [-0.05, 0) is 37.3 Å². The summed E-state index contributed by atoms with van der Waals surface area (Å²) in [6.07, 6.45) is 3.42. The maximum Gasteiger partial charge on any atom is 0.307 e. The molecule has 7 heteroatoms. The number of amides is 1. The second-order valence-electron chi connectivity index (χ2n) is 5.76. The molecule has 0 radical (unpaired) electrons. The molecule has 0 saturated heterocycles. The van der Waals surface area contributed by atoms with Crippen molar-refractivity contribution < 1.29 is 14.3 Å². The largest absolute Gasteiger partial charge is 0.466 e. The summed E-state index contributed by atoms with van der Waals surface area (Å²) in [7, 11) is 1.90. The van der Waals surface area contributed by atoms with Crippen LogP contribution in [0.25, 0.3) is 11.0 Å². The number of esters is 1. The van der Waals surface area contributed by atoms with Crippen molar-refractivity contribution in [2.45, 2.75) is 13.3 Å². The maximum absolute atomic E-state index is 13.1. The van der Waals surface area contributed by atoms with Crippen LogP contribution >= 0.6 is 0 Å². The van der Waals surface area contributed by atoms with Crippen molar-refractivity contribution in [1.29, 1.82) is 0 Å². The van der Waals surface area contributed by atoms with Crippen molar-refractivity contribution in [1.82, 2.24) is 14.5 Å². The van der Waals surface area contributed by atoms with Gasteiger partial charge in [-0.25, -0.2) is 9.97 Å². The molecule has 0 atom stereocenters. The summed E-state index contributed by atoms with van der Waals surface area (Å²) in [5.74, 6) is -0.0927. The van der Waals surface area contributed by atoms with Crippen LogP contribution in [0.2, 0.25) is 0 Å². The van der Waals surface area contributed by atoms with Gasteiger partial charge in [0, 0.05) is 25.4 Å². The second-order valence-corrected chi connectivity index (χ2v) is 5.76. The Morgan fingerprint density at radius 3 is 2.77 bits per heavy atom. The Hall–Kier alpha value is -3.22. The van der Waals surface area contributed by atoms with E-state index in [0.29, 0.717) is 18.0 Å². The van der Waals surface area contributed by atoms with E-state index in [0.717, 1.165) is 11.0 Å². The van der Waals surface area contributed by atoms with E-state index >= 15 is 0 Å². The van der Waals surface area contributed by atoms with E-state index in [1.54, 1.807) is 49.8 Å². The third-order valence-electron chi connectivity index (χ3n) is 3.99. The predicted octanol–water partition coefficient (Wildman–Crippen LogP) is 2.57. The molecule has 0 bridgehead atoms. The number of carbonyl (C=O) groups is 2. The zero-order chi connectivity index (χ0) is 18.5. The molecule has 26 heavy (non-hydrogen) atoms. The fourth-order valence-electron chi connectivity index (χ4n) is 2.69. The molecule has 1 aromatic carbocycles. The van der Waals surface area contributed by atoms with Gasteiger partial charge >= 0.3 is 5.97 Å². The number of fused-ring (bicyclic) bond motifs is 1. The highest BCUT2D eigenvalue weighted by atomic mass is 16.5. The summed E-state index contributed by atoms with van der Waals surface area (Å²) in [6.45, 7) is 2.25. The Balaban J connectivity index is 1.88. The standard InChI is InChI=1S/C19H20N4O3/c1-3-26-18(24)9-11-23(17-6-4-5-10-20-17)19(25)14-7-8-16-15(12-14)21-13-22(16)2/h4-8,10,12-13H,3,9,11H2,1-2H3. The maximum atomic E-state index is 13.1. The molecule has 0 fully saturated rings. The monoisotopic (exact) mass is 352 g/mol. The number of ether oxygens (including phenoxy) is 1. The normalized spacial score (nSPS) is 10.7. The van der Waals surface area contributed by atoms with Crippen molar-refractivity contribution in [2.75, 3.05) is 18.1 Å². The minimum absolute atomic E-state index is 0.0992. The molecule has 2 heterocycles. The first-order chi connectivity index (χ1) is 12.6. The van der Waals surface area contributed by atoms with Crippen LogP contribution in [0.4, 0.5) is 5.82 Å². The second kappa shape index (κ2) is 7.77. The van der Waals surface area contributed by atoms with E-state index in [-0.39, 0.29) is 24.8 Å². The first kappa shape index (κ1) is 17.6. The summed E-state index contributed by atoms with van der Waals surface area (Å²) in [4.78, 5) is 34.8. The van der Waals surface area contributed by atoms with E-state index in [1.165, 1.54) is 4.90 Å². The highest BCUT2D eigenvalue weighted by Crippen LogP contribution is 2.19. The molecule has 134 valence electrons. The van der Waals surface area contributed by atoms with E-state index in [1.807, 2.05) is 17.7 Å². The number of carbonyl (C=O) groups excluding carboxylic acids is 2. The van der Waals surface area contributed by atoms with Gasteiger partial charge in [0.1, 0.15) is 5.82 Å². The summed E-state index contributed by atoms with van der Waals surface area (Å²) in [5.41, 5.74) is 2.17. The third kappa shape index (κ3) is 3.72. The minimum Gasteiger partial charge on any atom is -0.466 e. The van der Waals surface area contributed by atoms with Gasteiger partial charge in [0.2, 0.25) is 0 Å². The van der Waals surface area contributed by atoms with Gasteiger partial charge in [0.25, 0.3) is 5.91 Å². The van der Waals surface area contributed by atoms with Crippen molar-refractivity contribution in [3.63, 3.8) is 0 Å².